The molecule has 4 heterocycles. The number of rotatable bonds is 5. The van der Waals surface area contributed by atoms with Gasteiger partial charge in [-0.05, 0) is 43.3 Å². The van der Waals surface area contributed by atoms with Gasteiger partial charge in [0.25, 0.3) is 0 Å². The third kappa shape index (κ3) is 4.64. The fourth-order valence-corrected chi connectivity index (χ4v) is 5.20. The zero-order valence-electron chi connectivity index (χ0n) is 19.4. The summed E-state index contributed by atoms with van der Waals surface area (Å²) in [7, 11) is 0. The van der Waals surface area contributed by atoms with E-state index < -0.39 is 0 Å². The Morgan fingerprint density at radius 3 is 2.74 bits per heavy atom. The van der Waals surface area contributed by atoms with Crippen LogP contribution in [0.4, 0.5) is 0 Å². The van der Waals surface area contributed by atoms with Gasteiger partial charge in [-0.1, -0.05) is 11.6 Å². The molecule has 2 aromatic carbocycles. The van der Waals surface area contributed by atoms with Gasteiger partial charge in [-0.15, -0.1) is 0 Å². The second-order valence-corrected chi connectivity index (χ2v) is 9.52. The van der Waals surface area contributed by atoms with Gasteiger partial charge in [0.2, 0.25) is 5.78 Å². The van der Waals surface area contributed by atoms with Gasteiger partial charge in [-0.2, -0.15) is 0 Å². The van der Waals surface area contributed by atoms with E-state index in [2.05, 4.69) is 9.80 Å². The molecular formula is C26H27ClN2O6. The lowest BCUT2D eigenvalue weighted by molar-refractivity contribution is -0.0165. The van der Waals surface area contributed by atoms with E-state index in [-0.39, 0.29) is 18.3 Å². The van der Waals surface area contributed by atoms with Crippen LogP contribution in [-0.2, 0) is 22.6 Å². The topological polar surface area (TPSA) is 69.7 Å². The number of hydrogen-bond donors (Lipinski definition) is 0. The molecule has 8 nitrogen and oxygen atoms in total. The number of morpholine rings is 1. The summed E-state index contributed by atoms with van der Waals surface area (Å²) in [5, 5.41) is 0.547. The lowest BCUT2D eigenvalue weighted by atomic mass is 10.0. The van der Waals surface area contributed by atoms with Gasteiger partial charge < -0.3 is 23.7 Å². The Morgan fingerprint density at radius 1 is 1.00 bits per heavy atom. The maximum absolute atomic E-state index is 13.2. The molecule has 0 N–H and O–H groups in total. The van der Waals surface area contributed by atoms with E-state index in [4.69, 9.17) is 35.3 Å². The molecule has 0 atom stereocenters. The Labute approximate surface area is 208 Å². The Bertz CT molecular complexity index is 1180. The number of ether oxygens (including phenoxy) is 5. The predicted octanol–water partition coefficient (Wildman–Crippen LogP) is 3.70. The number of nitrogens with zero attached hydrogens (tertiary/aromatic N) is 2. The molecule has 1 saturated heterocycles. The summed E-state index contributed by atoms with van der Waals surface area (Å²) >= 11 is 6.30. The molecule has 2 aromatic rings. The van der Waals surface area contributed by atoms with Gasteiger partial charge in [-0.3, -0.25) is 14.6 Å². The number of allylic oxidation sites excluding steroid dienone is 1. The van der Waals surface area contributed by atoms with Crippen LogP contribution < -0.4 is 14.2 Å². The van der Waals surface area contributed by atoms with Crippen molar-refractivity contribution < 1.29 is 28.5 Å². The van der Waals surface area contributed by atoms with Crippen LogP contribution in [0.2, 0.25) is 5.02 Å². The fraction of sp³-hybridized carbons (Fsp3) is 0.423. The molecule has 0 aromatic heterocycles. The Balaban J connectivity index is 1.20. The Hall–Kier alpha value is -2.62. The summed E-state index contributed by atoms with van der Waals surface area (Å²) in [6.45, 7) is 7.33. The Kier molecular flexibility index (Phi) is 6.39. The van der Waals surface area contributed by atoms with Crippen LogP contribution in [0.1, 0.15) is 33.5 Å². The van der Waals surface area contributed by atoms with Crippen molar-refractivity contribution in [2.75, 3.05) is 52.9 Å². The zero-order valence-corrected chi connectivity index (χ0v) is 20.1. The second-order valence-electron chi connectivity index (χ2n) is 9.09. The molecule has 184 valence electrons. The first-order valence-electron chi connectivity index (χ1n) is 11.9. The largest absolute Gasteiger partial charge is 0.478 e. The third-order valence-electron chi connectivity index (χ3n) is 6.72. The standard InChI is InChI=1S/C26H27ClN2O6/c27-19-10-17(25-18(11-19)14-32-16-34-25)12-23-24(30)20-2-3-22-21(26(20)35-23)13-29(15-33-22)5-1-4-28-6-8-31-9-7-28/h2-3,10-12H,1,4-9,13-16H2/b23-12-. The van der Waals surface area contributed by atoms with Crippen molar-refractivity contribution in [3.05, 3.63) is 57.3 Å². The molecule has 0 radical (unpaired) electrons. The van der Waals surface area contributed by atoms with Crippen molar-refractivity contribution in [3.63, 3.8) is 0 Å². The van der Waals surface area contributed by atoms with Crippen molar-refractivity contribution >= 4 is 23.5 Å². The maximum atomic E-state index is 13.2. The molecule has 4 aliphatic heterocycles. The van der Waals surface area contributed by atoms with E-state index in [1.165, 1.54) is 0 Å². The summed E-state index contributed by atoms with van der Waals surface area (Å²) in [6, 6.07) is 7.23. The normalized spacial score (nSPS) is 21.1. The lowest BCUT2D eigenvalue weighted by Gasteiger charge is -2.31. The SMILES string of the molecule is O=C1/C(=C/c2cc(Cl)cc3c2OCOC3)Oc2c1ccc1c2CN(CCCN2CCOCC2)CO1. The molecule has 35 heavy (non-hydrogen) atoms. The molecular weight excluding hydrogens is 472 g/mol. The minimum Gasteiger partial charge on any atom is -0.478 e. The van der Waals surface area contributed by atoms with Crippen molar-refractivity contribution in [1.29, 1.82) is 0 Å². The van der Waals surface area contributed by atoms with Crippen LogP contribution in [0.25, 0.3) is 6.08 Å². The summed E-state index contributed by atoms with van der Waals surface area (Å²) in [6.07, 6.45) is 2.75. The molecule has 0 unspecified atom stereocenters. The summed E-state index contributed by atoms with van der Waals surface area (Å²) < 4.78 is 28.6. The van der Waals surface area contributed by atoms with Crippen molar-refractivity contribution in [2.45, 2.75) is 19.6 Å². The minimum atomic E-state index is -0.159. The van der Waals surface area contributed by atoms with Crippen LogP contribution in [0.15, 0.2) is 30.0 Å². The van der Waals surface area contributed by atoms with Crippen LogP contribution in [0, 0.1) is 0 Å². The van der Waals surface area contributed by atoms with E-state index in [1.807, 2.05) is 12.1 Å². The van der Waals surface area contributed by atoms with E-state index in [1.54, 1.807) is 18.2 Å². The average molecular weight is 499 g/mol. The van der Waals surface area contributed by atoms with Gasteiger partial charge in [0, 0.05) is 42.3 Å². The molecule has 0 aliphatic carbocycles. The number of hydrogen-bond acceptors (Lipinski definition) is 8. The first-order valence-corrected chi connectivity index (χ1v) is 12.3. The van der Waals surface area contributed by atoms with Crippen LogP contribution in [0.5, 0.6) is 17.2 Å². The smallest absolute Gasteiger partial charge is 0.231 e. The lowest BCUT2D eigenvalue weighted by Crippen LogP contribution is -2.39. The molecule has 1 fully saturated rings. The van der Waals surface area contributed by atoms with E-state index in [0.29, 0.717) is 47.5 Å². The monoisotopic (exact) mass is 498 g/mol. The van der Waals surface area contributed by atoms with Gasteiger partial charge in [0.05, 0.1) is 30.9 Å². The fourth-order valence-electron chi connectivity index (χ4n) is 4.95. The zero-order chi connectivity index (χ0) is 23.8. The highest BCUT2D eigenvalue weighted by molar-refractivity contribution is 6.31. The first-order chi connectivity index (χ1) is 17.2. The number of benzene rings is 2. The molecule has 0 saturated carbocycles. The molecule has 9 heteroatoms. The van der Waals surface area contributed by atoms with Crippen molar-refractivity contribution in [3.8, 4) is 17.2 Å². The highest BCUT2D eigenvalue weighted by atomic mass is 35.5. The highest BCUT2D eigenvalue weighted by Crippen LogP contribution is 2.43. The van der Waals surface area contributed by atoms with Gasteiger partial charge in [0.15, 0.2) is 12.6 Å². The highest BCUT2D eigenvalue weighted by Gasteiger charge is 2.34. The first kappa shape index (κ1) is 22.8. The van der Waals surface area contributed by atoms with Crippen LogP contribution in [0.3, 0.4) is 0 Å². The number of ketones is 1. The summed E-state index contributed by atoms with van der Waals surface area (Å²) in [4.78, 5) is 17.9. The van der Waals surface area contributed by atoms with Crippen LogP contribution >= 0.6 is 11.6 Å². The number of Topliss-reactive ketones (excluding diaryl/α,β-unsaturated/α-hetero) is 1. The average Bonchev–Trinajstić information content (AvgIpc) is 3.20. The van der Waals surface area contributed by atoms with Gasteiger partial charge in [-0.25, -0.2) is 0 Å². The van der Waals surface area contributed by atoms with E-state index in [9.17, 15) is 4.79 Å². The van der Waals surface area contributed by atoms with E-state index >= 15 is 0 Å². The molecule has 4 aliphatic rings. The quantitative estimate of drug-likeness (QED) is 0.578. The summed E-state index contributed by atoms with van der Waals surface area (Å²) in [5.41, 5.74) is 3.00. The van der Waals surface area contributed by atoms with E-state index in [0.717, 1.165) is 62.7 Å². The van der Waals surface area contributed by atoms with Crippen LogP contribution in [-0.4, -0.2) is 68.5 Å². The minimum absolute atomic E-state index is 0.159. The van der Waals surface area contributed by atoms with Gasteiger partial charge in [0.1, 0.15) is 24.0 Å². The number of fused-ring (bicyclic) bond motifs is 4. The molecule has 0 spiro atoms. The summed E-state index contributed by atoms with van der Waals surface area (Å²) in [5.74, 6) is 2.10. The maximum Gasteiger partial charge on any atom is 0.231 e. The number of carbonyl (C=O) groups is 1. The Morgan fingerprint density at radius 2 is 1.86 bits per heavy atom. The van der Waals surface area contributed by atoms with Crippen molar-refractivity contribution in [2.24, 2.45) is 0 Å². The molecule has 0 amide bonds. The van der Waals surface area contributed by atoms with Crippen molar-refractivity contribution in [1.82, 2.24) is 9.80 Å². The third-order valence-corrected chi connectivity index (χ3v) is 6.94. The number of halogens is 1. The molecule has 6 rings (SSSR count). The second kappa shape index (κ2) is 9.79. The predicted molar refractivity (Wildman–Crippen MR) is 129 cm³/mol. The molecule has 0 bridgehead atoms. The number of carbonyl (C=O) groups excluding carboxylic acids is 1. The van der Waals surface area contributed by atoms with Gasteiger partial charge >= 0.3 is 0 Å².